The van der Waals surface area contributed by atoms with E-state index in [4.69, 9.17) is 10.2 Å². The Bertz CT molecular complexity index is 25.5. The summed E-state index contributed by atoms with van der Waals surface area (Å²) in [4.78, 5) is 0. The minimum Gasteiger partial charge on any atom is 0 e. The molecule has 0 aromatic heterocycles. The van der Waals surface area contributed by atoms with Gasteiger partial charge in [0.1, 0.15) is 0 Å². The summed E-state index contributed by atoms with van der Waals surface area (Å²) in [6.45, 7) is -0.0989. The molecular weight excluding hydrogens is 223 g/mol. The van der Waals surface area contributed by atoms with Gasteiger partial charge in [0.05, 0.1) is 0 Å². The molecule has 0 aliphatic heterocycles. The number of aliphatic hydroxyl groups is 2. The van der Waals surface area contributed by atoms with Gasteiger partial charge in [-0.3, -0.25) is 0 Å². The first-order valence-electron chi connectivity index (χ1n) is 1.27. The van der Waals surface area contributed by atoms with Gasteiger partial charge in [0.2, 0.25) is 0 Å². The van der Waals surface area contributed by atoms with E-state index in [2.05, 4.69) is 0 Å². The molecule has 0 heterocycles. The first kappa shape index (κ1) is 10.4. The Hall–Kier alpha value is 1.43. The van der Waals surface area contributed by atoms with Gasteiger partial charge >= 0.3 is 43.5 Å². The van der Waals surface area contributed by atoms with Crippen molar-refractivity contribution in [2.45, 2.75) is 4.12 Å². The molecule has 2 nitrogen and oxygen atoms in total. The minimum absolute atomic E-state index is 0. The third kappa shape index (κ3) is 9.06. The van der Waals surface area contributed by atoms with Crippen LogP contribution in [0.2, 0.25) is 0 Å². The first-order chi connectivity index (χ1) is 2.27. The van der Waals surface area contributed by atoms with Gasteiger partial charge in [-0.1, -0.05) is 0 Å². The Balaban J connectivity index is 0. The molecule has 0 bridgehead atoms. The quantitative estimate of drug-likeness (QED) is 0.534. The van der Waals surface area contributed by atoms with E-state index in [1.54, 1.807) is 0 Å². The van der Waals surface area contributed by atoms with E-state index in [1.807, 2.05) is 0 Å². The number of hydrogen-bond donors (Lipinski definition) is 2. The van der Waals surface area contributed by atoms with Crippen LogP contribution in [0.25, 0.3) is 0 Å². The van der Waals surface area contributed by atoms with Crippen molar-refractivity contribution in [3.05, 3.63) is 0 Å². The van der Waals surface area contributed by atoms with Crippen LogP contribution < -0.4 is 0 Å². The Morgan fingerprint density at radius 2 is 1.83 bits per heavy atom. The van der Waals surface area contributed by atoms with E-state index >= 15 is 0 Å². The summed E-state index contributed by atoms with van der Waals surface area (Å²) in [6, 6.07) is 0. The minimum atomic E-state index is -0.470. The zero-order chi connectivity index (χ0) is 4.28. The van der Waals surface area contributed by atoms with Crippen LogP contribution in [0.15, 0.2) is 0 Å². The second kappa shape index (κ2) is 6.43. The van der Waals surface area contributed by atoms with Crippen molar-refractivity contribution >= 4 is 22.5 Å². The van der Waals surface area contributed by atoms with Crippen molar-refractivity contribution < 1.29 is 31.9 Å². The Labute approximate surface area is 64.9 Å². The molecule has 0 aromatic carbocycles. The largest absolute Gasteiger partial charge is 0 e. The number of rotatable bonds is 1. The van der Waals surface area contributed by atoms with Crippen LogP contribution in [-0.4, -0.2) is 43.5 Å². The maximum absolute atomic E-state index is 8.15. The molecule has 33 valence electrons. The van der Waals surface area contributed by atoms with Gasteiger partial charge in [0, 0.05) is 21.7 Å². The van der Waals surface area contributed by atoms with Crippen molar-refractivity contribution in [2.75, 3.05) is 6.61 Å². The van der Waals surface area contributed by atoms with Crippen LogP contribution in [0, 0.1) is 0 Å². The summed E-state index contributed by atoms with van der Waals surface area (Å²) in [7, 11) is 0. The van der Waals surface area contributed by atoms with Gasteiger partial charge in [-0.05, 0) is 0 Å². The van der Waals surface area contributed by atoms with Crippen molar-refractivity contribution in [1.82, 2.24) is 0 Å². The molecule has 0 rings (SSSR count). The predicted molar refractivity (Wildman–Crippen MR) is 18.8 cm³/mol. The average molecular weight is 228 g/mol. The Morgan fingerprint density at radius 1 is 1.67 bits per heavy atom. The van der Waals surface area contributed by atoms with Gasteiger partial charge < -0.3 is 0 Å². The van der Waals surface area contributed by atoms with Crippen molar-refractivity contribution in [3.8, 4) is 0 Å². The molecule has 2 N–H and O–H groups in total. The maximum Gasteiger partial charge on any atom is 0 e. The molecule has 1 atom stereocenters. The summed E-state index contributed by atoms with van der Waals surface area (Å²) in [5.74, 6) is 0. The monoisotopic (exact) mass is 229 g/mol. The maximum atomic E-state index is 8.15. The molecule has 0 aromatic rings. The molecule has 0 fully saturated rings. The predicted octanol–water partition coefficient (Wildman–Crippen LogP) is -1.54. The summed E-state index contributed by atoms with van der Waals surface area (Å²) in [6.07, 6.45) is 0. The van der Waals surface area contributed by atoms with Crippen LogP contribution in [0.4, 0.5) is 0 Å². The summed E-state index contributed by atoms with van der Waals surface area (Å²) in [5, 5.41) is 16.1. The van der Waals surface area contributed by atoms with Crippen molar-refractivity contribution in [3.63, 3.8) is 0 Å². The topological polar surface area (TPSA) is 40.5 Å². The van der Waals surface area contributed by atoms with Crippen molar-refractivity contribution in [1.29, 1.82) is 0 Å². The van der Waals surface area contributed by atoms with E-state index in [1.165, 1.54) is 0 Å². The van der Waals surface area contributed by atoms with Crippen LogP contribution in [0.3, 0.4) is 0 Å². The van der Waals surface area contributed by atoms with E-state index in [-0.39, 0.29) is 28.3 Å². The summed E-state index contributed by atoms with van der Waals surface area (Å²) in [5.41, 5.74) is 0. The van der Waals surface area contributed by atoms with Gasteiger partial charge in [-0.15, -0.1) is 0 Å². The SMILES string of the molecule is OC[CH](O)[Sn].[Ti]. The van der Waals surface area contributed by atoms with Crippen molar-refractivity contribution in [2.24, 2.45) is 0 Å². The van der Waals surface area contributed by atoms with Crippen LogP contribution in [0.5, 0.6) is 0 Å². The normalized spacial score (nSPS) is 12.5. The second-order valence-electron chi connectivity index (χ2n) is 0.698. The number of hydrogen-bond acceptors (Lipinski definition) is 2. The smallest absolute Gasteiger partial charge is 0 e. The van der Waals surface area contributed by atoms with Crippen LogP contribution in [0.1, 0.15) is 0 Å². The molecule has 0 amide bonds. The average Bonchev–Trinajstić information content (AvgIpc) is 1.38. The van der Waals surface area contributed by atoms with Gasteiger partial charge in [0.15, 0.2) is 0 Å². The molecule has 3 radical (unpaired) electrons. The third-order valence-corrected chi connectivity index (χ3v) is 0.694. The van der Waals surface area contributed by atoms with E-state index < -0.39 is 4.12 Å². The molecule has 6 heavy (non-hydrogen) atoms. The fraction of sp³-hybridized carbons (Fsp3) is 1.00. The fourth-order valence-electron chi connectivity index (χ4n) is 0. The fourth-order valence-corrected chi connectivity index (χ4v) is 0. The molecule has 0 aliphatic carbocycles. The molecule has 0 saturated heterocycles. The second-order valence-corrected chi connectivity index (χ2v) is 2.60. The summed E-state index contributed by atoms with van der Waals surface area (Å²) >= 11 is 0.975. The van der Waals surface area contributed by atoms with Gasteiger partial charge in [0.25, 0.3) is 0 Å². The molecule has 1 unspecified atom stereocenters. The molecule has 0 saturated carbocycles. The van der Waals surface area contributed by atoms with Crippen LogP contribution in [-0.2, 0) is 21.7 Å². The van der Waals surface area contributed by atoms with Gasteiger partial charge in [-0.25, -0.2) is 0 Å². The molecule has 0 aliphatic rings. The molecule has 4 heteroatoms. The molecular formula is C2H5O2SnTi. The Kier molecular flexibility index (Phi) is 11.2. The van der Waals surface area contributed by atoms with E-state index in [0.717, 1.165) is 22.5 Å². The summed E-state index contributed by atoms with van der Waals surface area (Å²) < 4.78 is -0.470. The van der Waals surface area contributed by atoms with E-state index in [0.29, 0.717) is 0 Å². The zero-order valence-corrected chi connectivity index (χ0v) is 7.59. The Morgan fingerprint density at radius 3 is 1.83 bits per heavy atom. The number of aliphatic hydroxyl groups excluding tert-OH is 2. The van der Waals surface area contributed by atoms with Crippen LogP contribution >= 0.6 is 0 Å². The third-order valence-electron chi connectivity index (χ3n) is 0.173. The first-order valence-corrected chi connectivity index (χ1v) is 2.92. The standard InChI is InChI=1S/C2H5O2.Sn.Ti/c3-1-2-4;;/h1,3-4H,2H2;;. The van der Waals surface area contributed by atoms with Gasteiger partial charge in [-0.2, -0.15) is 0 Å². The molecule has 0 spiro atoms. The van der Waals surface area contributed by atoms with E-state index in [9.17, 15) is 0 Å². The zero-order valence-electron chi connectivity index (χ0n) is 3.18.